The molecule has 5 rings (SSSR count). The van der Waals surface area contributed by atoms with Gasteiger partial charge in [-0.2, -0.15) is 0 Å². The molecule has 0 spiro atoms. The summed E-state index contributed by atoms with van der Waals surface area (Å²) in [5.41, 5.74) is 1.33. The van der Waals surface area contributed by atoms with Gasteiger partial charge in [-0.25, -0.2) is 0 Å². The van der Waals surface area contributed by atoms with Crippen LogP contribution in [-0.2, 0) is 11.0 Å². The quantitative estimate of drug-likeness (QED) is 0.741. The second-order valence-electron chi connectivity index (χ2n) is 7.41. The molecular weight excluding hydrogens is 320 g/mol. The molecule has 26 heavy (non-hydrogen) atoms. The zero-order valence-corrected chi connectivity index (χ0v) is 14.4. The highest BCUT2D eigenvalue weighted by Gasteiger charge is 2.69. The Bertz CT molecular complexity index is 979. The van der Waals surface area contributed by atoms with E-state index in [-0.39, 0.29) is 11.7 Å². The van der Waals surface area contributed by atoms with Crippen LogP contribution in [0.3, 0.4) is 0 Å². The molecule has 0 aliphatic heterocycles. The summed E-state index contributed by atoms with van der Waals surface area (Å²) < 4.78 is 0. The van der Waals surface area contributed by atoms with Crippen LogP contribution in [0.5, 0.6) is 0 Å². The molecule has 0 radical (unpaired) electrons. The molecule has 3 aromatic rings. The van der Waals surface area contributed by atoms with E-state index < -0.39 is 11.0 Å². The largest absolute Gasteiger partial charge is 0.383 e. The minimum Gasteiger partial charge on any atom is -0.383 e. The molecule has 3 atom stereocenters. The third-order valence-corrected chi connectivity index (χ3v) is 6.40. The average Bonchev–Trinajstić information content (AvgIpc) is 3.12. The first-order valence-electron chi connectivity index (χ1n) is 9.17. The van der Waals surface area contributed by atoms with Gasteiger partial charge < -0.3 is 5.11 Å². The molecule has 128 valence electrons. The van der Waals surface area contributed by atoms with Crippen molar-refractivity contribution in [2.24, 2.45) is 0 Å². The normalized spacial score (nSPS) is 29.4. The van der Waals surface area contributed by atoms with Gasteiger partial charge in [0.1, 0.15) is 5.60 Å². The average molecular weight is 340 g/mol. The lowest BCUT2D eigenvalue weighted by Gasteiger charge is -2.39. The van der Waals surface area contributed by atoms with Crippen molar-refractivity contribution in [1.82, 2.24) is 0 Å². The van der Waals surface area contributed by atoms with Gasteiger partial charge >= 0.3 is 0 Å². The molecule has 1 saturated carbocycles. The number of hydrogen-bond donors (Lipinski definition) is 1. The molecule has 0 heterocycles. The second-order valence-corrected chi connectivity index (χ2v) is 7.41. The maximum Gasteiger partial charge on any atom is 0.177 e. The number of carbonyl (C=O) groups excluding carboxylic acids is 1. The van der Waals surface area contributed by atoms with E-state index in [1.807, 2.05) is 72.8 Å². The molecule has 0 aromatic heterocycles. The molecule has 0 amide bonds. The fourth-order valence-electron chi connectivity index (χ4n) is 5.32. The van der Waals surface area contributed by atoms with E-state index in [9.17, 15) is 9.90 Å². The summed E-state index contributed by atoms with van der Waals surface area (Å²) >= 11 is 0. The van der Waals surface area contributed by atoms with E-state index >= 15 is 0 Å². The number of carbonyl (C=O) groups is 1. The molecule has 3 unspecified atom stereocenters. The van der Waals surface area contributed by atoms with Gasteiger partial charge in [0.2, 0.25) is 0 Å². The van der Waals surface area contributed by atoms with Crippen LogP contribution in [0.25, 0.3) is 0 Å². The number of rotatable bonds is 2. The summed E-state index contributed by atoms with van der Waals surface area (Å²) in [6, 6.07) is 27.6. The van der Waals surface area contributed by atoms with Crippen molar-refractivity contribution in [1.29, 1.82) is 0 Å². The van der Waals surface area contributed by atoms with Crippen LogP contribution in [0.15, 0.2) is 84.9 Å². The van der Waals surface area contributed by atoms with Crippen molar-refractivity contribution in [2.75, 3.05) is 0 Å². The Morgan fingerprint density at radius 1 is 0.808 bits per heavy atom. The lowest BCUT2D eigenvalue weighted by Crippen LogP contribution is -2.47. The number of aliphatic hydroxyl groups is 1. The summed E-state index contributed by atoms with van der Waals surface area (Å²) in [6.45, 7) is 0. The molecule has 2 aliphatic rings. The zero-order chi connectivity index (χ0) is 17.8. The first-order valence-corrected chi connectivity index (χ1v) is 9.17. The predicted octanol–water partition coefficient (Wildman–Crippen LogP) is 4.59. The SMILES string of the molecule is O=C1c2ccccc2C2(O)C(c3ccccc3)CCC12c1ccccc1. The number of Topliss-reactive ketones (excluding diaryl/α,β-unsaturated/α-hetero) is 1. The van der Waals surface area contributed by atoms with Crippen molar-refractivity contribution in [3.63, 3.8) is 0 Å². The van der Waals surface area contributed by atoms with Crippen molar-refractivity contribution in [3.8, 4) is 0 Å². The lowest BCUT2D eigenvalue weighted by molar-refractivity contribution is -0.0187. The third kappa shape index (κ3) is 1.72. The van der Waals surface area contributed by atoms with E-state index in [0.717, 1.165) is 23.1 Å². The van der Waals surface area contributed by atoms with Crippen LogP contribution in [0.2, 0.25) is 0 Å². The van der Waals surface area contributed by atoms with Gasteiger partial charge in [0.05, 0.1) is 5.41 Å². The van der Waals surface area contributed by atoms with E-state index in [1.165, 1.54) is 0 Å². The highest BCUT2D eigenvalue weighted by Crippen LogP contribution is 2.65. The zero-order valence-electron chi connectivity index (χ0n) is 14.4. The van der Waals surface area contributed by atoms with E-state index in [2.05, 4.69) is 12.1 Å². The van der Waals surface area contributed by atoms with Gasteiger partial charge in [-0.05, 0) is 29.5 Å². The Hall–Kier alpha value is -2.71. The predicted molar refractivity (Wildman–Crippen MR) is 101 cm³/mol. The maximum absolute atomic E-state index is 13.6. The Morgan fingerprint density at radius 3 is 2.15 bits per heavy atom. The molecular formula is C24H20O2. The van der Waals surface area contributed by atoms with E-state index in [1.54, 1.807) is 0 Å². The van der Waals surface area contributed by atoms with Crippen molar-refractivity contribution in [3.05, 3.63) is 107 Å². The summed E-state index contributed by atoms with van der Waals surface area (Å²) in [5, 5.41) is 12.2. The summed E-state index contributed by atoms with van der Waals surface area (Å²) in [4.78, 5) is 13.6. The molecule has 2 nitrogen and oxygen atoms in total. The van der Waals surface area contributed by atoms with Gasteiger partial charge in [0, 0.05) is 11.5 Å². The van der Waals surface area contributed by atoms with Gasteiger partial charge in [-0.1, -0.05) is 84.9 Å². The Balaban J connectivity index is 1.81. The first kappa shape index (κ1) is 15.5. The Kier molecular flexibility index (Phi) is 3.22. The monoisotopic (exact) mass is 340 g/mol. The lowest BCUT2D eigenvalue weighted by atomic mass is 9.66. The number of hydrogen-bond acceptors (Lipinski definition) is 2. The van der Waals surface area contributed by atoms with Gasteiger partial charge in [0.15, 0.2) is 5.78 Å². The minimum absolute atomic E-state index is 0.0558. The molecule has 1 N–H and O–H groups in total. The minimum atomic E-state index is -1.22. The number of ketones is 1. The molecule has 2 aliphatic carbocycles. The number of benzene rings is 3. The van der Waals surface area contributed by atoms with Crippen LogP contribution in [-0.4, -0.2) is 10.9 Å². The Morgan fingerprint density at radius 2 is 1.42 bits per heavy atom. The van der Waals surface area contributed by atoms with E-state index in [0.29, 0.717) is 12.0 Å². The van der Waals surface area contributed by atoms with Gasteiger partial charge in [-0.15, -0.1) is 0 Å². The van der Waals surface area contributed by atoms with Crippen molar-refractivity contribution >= 4 is 5.78 Å². The number of fused-ring (bicyclic) bond motifs is 3. The molecule has 2 heteroatoms. The second kappa shape index (κ2) is 5.39. The topological polar surface area (TPSA) is 37.3 Å². The van der Waals surface area contributed by atoms with Crippen LogP contribution < -0.4 is 0 Å². The van der Waals surface area contributed by atoms with Crippen molar-refractivity contribution < 1.29 is 9.90 Å². The third-order valence-electron chi connectivity index (χ3n) is 6.40. The molecule has 3 aromatic carbocycles. The molecule has 0 bridgehead atoms. The highest BCUT2D eigenvalue weighted by molar-refractivity contribution is 6.10. The summed E-state index contributed by atoms with van der Waals surface area (Å²) in [5.74, 6) is -0.0447. The fraction of sp³-hybridized carbons (Fsp3) is 0.208. The van der Waals surface area contributed by atoms with Crippen LogP contribution in [0.4, 0.5) is 0 Å². The van der Waals surface area contributed by atoms with E-state index in [4.69, 9.17) is 0 Å². The van der Waals surface area contributed by atoms with Gasteiger partial charge in [-0.3, -0.25) is 4.79 Å². The summed E-state index contributed by atoms with van der Waals surface area (Å²) in [6.07, 6.45) is 1.44. The van der Waals surface area contributed by atoms with Crippen molar-refractivity contribution in [2.45, 2.75) is 29.8 Å². The van der Waals surface area contributed by atoms with Crippen LogP contribution in [0.1, 0.15) is 45.8 Å². The molecule has 1 fully saturated rings. The standard InChI is InChI=1S/C24H20O2/c25-22-19-13-7-8-14-21(19)24(26)20(17-9-3-1-4-10-17)15-16-23(22,24)18-11-5-2-6-12-18/h1-14,20,26H,15-16H2. The van der Waals surface area contributed by atoms with Crippen LogP contribution >= 0.6 is 0 Å². The Labute approximate surface area is 153 Å². The highest BCUT2D eigenvalue weighted by atomic mass is 16.3. The van der Waals surface area contributed by atoms with Crippen LogP contribution in [0, 0.1) is 0 Å². The maximum atomic E-state index is 13.6. The summed E-state index contributed by atoms with van der Waals surface area (Å²) in [7, 11) is 0. The molecule has 0 saturated heterocycles. The smallest absolute Gasteiger partial charge is 0.177 e. The first-order chi connectivity index (χ1) is 12.7. The fourth-order valence-corrected chi connectivity index (χ4v) is 5.32. The van der Waals surface area contributed by atoms with Gasteiger partial charge in [0.25, 0.3) is 0 Å².